The quantitative estimate of drug-likeness (QED) is 0.816. The lowest BCUT2D eigenvalue weighted by molar-refractivity contribution is 0.0698. The van der Waals surface area contributed by atoms with Crippen molar-refractivity contribution >= 4 is 33.3 Å². The molecule has 0 amide bonds. The molecule has 0 heterocycles. The number of carboxylic acids is 1. The predicted octanol–water partition coefficient (Wildman–Crippen LogP) is 1.71. The van der Waals surface area contributed by atoms with Crippen molar-refractivity contribution in [1.29, 1.82) is 0 Å². The van der Waals surface area contributed by atoms with Gasteiger partial charge >= 0.3 is 16.0 Å². The Morgan fingerprint density at radius 3 is 2.50 bits per heavy atom. The van der Waals surface area contributed by atoms with Crippen LogP contribution in [0.4, 0.5) is 10.1 Å². The van der Waals surface area contributed by atoms with Crippen molar-refractivity contribution in [3.8, 4) is 0 Å². The highest BCUT2D eigenvalue weighted by Gasteiger charge is 2.19. The van der Waals surface area contributed by atoms with E-state index in [4.69, 9.17) is 16.7 Å². The molecule has 8 heteroatoms. The van der Waals surface area contributed by atoms with Crippen LogP contribution in [0.15, 0.2) is 12.1 Å². The van der Waals surface area contributed by atoms with Gasteiger partial charge in [0.05, 0.1) is 16.3 Å². The summed E-state index contributed by atoms with van der Waals surface area (Å²) in [6.07, 6.45) is 2.73. The molecule has 0 bridgehead atoms. The van der Waals surface area contributed by atoms with E-state index in [1.807, 2.05) is 0 Å². The Balaban J connectivity index is 3.36. The van der Waals surface area contributed by atoms with E-state index in [1.54, 1.807) is 4.72 Å². The number of sulfonamides is 1. The summed E-state index contributed by atoms with van der Waals surface area (Å²) in [7, 11) is -3.94. The van der Waals surface area contributed by atoms with E-state index < -0.39 is 38.1 Å². The Morgan fingerprint density at radius 1 is 1.50 bits per heavy atom. The van der Waals surface area contributed by atoms with Gasteiger partial charge in [0.25, 0.3) is 0 Å². The molecule has 0 aromatic heterocycles. The Morgan fingerprint density at radius 2 is 2.06 bits per heavy atom. The molecule has 0 aliphatic rings. The SMILES string of the molecule is [CH2+]S(=O)(=O)Nc1cc(F)c(Cl)cc1C(=O)O. The maximum atomic E-state index is 13.0. The van der Waals surface area contributed by atoms with Crippen LogP contribution in [0.1, 0.15) is 10.4 Å². The van der Waals surface area contributed by atoms with E-state index in [2.05, 4.69) is 6.26 Å². The molecule has 5 nitrogen and oxygen atoms in total. The van der Waals surface area contributed by atoms with Crippen molar-refractivity contribution in [2.45, 2.75) is 0 Å². The van der Waals surface area contributed by atoms with Crippen LogP contribution in [0.2, 0.25) is 5.02 Å². The maximum Gasteiger partial charge on any atom is 0.382 e. The monoisotopic (exact) mass is 266 g/mol. The molecule has 0 saturated heterocycles. The molecule has 1 aromatic rings. The van der Waals surface area contributed by atoms with E-state index in [-0.39, 0.29) is 0 Å². The Hall–Kier alpha value is -1.47. The minimum absolute atomic E-state index is 0.413. The molecule has 0 radical (unpaired) electrons. The number of halogens is 2. The van der Waals surface area contributed by atoms with Gasteiger partial charge in [-0.1, -0.05) is 11.6 Å². The van der Waals surface area contributed by atoms with Gasteiger partial charge in [0, 0.05) is 6.07 Å². The summed E-state index contributed by atoms with van der Waals surface area (Å²) in [5.41, 5.74) is -0.886. The van der Waals surface area contributed by atoms with Crippen molar-refractivity contribution < 1.29 is 22.7 Å². The van der Waals surface area contributed by atoms with Gasteiger partial charge in [-0.15, -0.1) is 0 Å². The van der Waals surface area contributed by atoms with Crippen LogP contribution in [0.3, 0.4) is 0 Å². The zero-order valence-electron chi connectivity index (χ0n) is 7.70. The van der Waals surface area contributed by atoms with Crippen LogP contribution in [-0.2, 0) is 10.0 Å². The summed E-state index contributed by atoms with van der Waals surface area (Å²) in [6, 6.07) is 1.49. The summed E-state index contributed by atoms with van der Waals surface area (Å²) in [5, 5.41) is 8.33. The third-order valence-electron chi connectivity index (χ3n) is 1.56. The number of aromatic carboxylic acids is 1. The second kappa shape index (κ2) is 4.18. The second-order valence-corrected chi connectivity index (χ2v) is 4.67. The molecule has 0 unspecified atom stereocenters. The number of anilines is 1. The molecule has 1 rings (SSSR count). The van der Waals surface area contributed by atoms with E-state index in [0.29, 0.717) is 6.07 Å². The highest BCUT2D eigenvalue weighted by molar-refractivity contribution is 7.93. The number of carboxylic acid groups (broad SMARTS) is 1. The second-order valence-electron chi connectivity index (χ2n) is 2.83. The first kappa shape index (κ1) is 12.6. The fourth-order valence-electron chi connectivity index (χ4n) is 0.976. The number of rotatable bonds is 3. The molecule has 0 atom stereocenters. The molecular formula is C8H6ClFNO4S+. The van der Waals surface area contributed by atoms with Gasteiger partial charge in [-0.2, -0.15) is 8.42 Å². The normalized spacial score (nSPS) is 11.1. The maximum absolute atomic E-state index is 13.0. The highest BCUT2D eigenvalue weighted by Crippen LogP contribution is 2.25. The molecule has 0 spiro atoms. The lowest BCUT2D eigenvalue weighted by Gasteiger charge is -2.06. The zero-order chi connectivity index (χ0) is 12.5. The van der Waals surface area contributed by atoms with Gasteiger partial charge in [-0.25, -0.2) is 13.9 Å². The van der Waals surface area contributed by atoms with E-state index in [0.717, 1.165) is 6.07 Å². The average molecular weight is 267 g/mol. The summed E-state index contributed by atoms with van der Waals surface area (Å²) >= 11 is 5.37. The number of benzene rings is 1. The third-order valence-corrected chi connectivity index (χ3v) is 2.38. The molecule has 0 aliphatic heterocycles. The van der Waals surface area contributed by atoms with Crippen molar-refractivity contribution in [1.82, 2.24) is 0 Å². The van der Waals surface area contributed by atoms with Gasteiger partial charge < -0.3 is 5.11 Å². The Kier molecular flexibility index (Phi) is 3.30. The minimum atomic E-state index is -3.94. The minimum Gasteiger partial charge on any atom is -0.478 e. The standard InChI is InChI=1S/C8H5ClFNO4S/c1-16(14,15)11-7-3-6(10)5(9)2-4(7)8(12)13/h2-3,11H,1H2/p+1. The largest absolute Gasteiger partial charge is 0.478 e. The van der Waals surface area contributed by atoms with Crippen molar-refractivity contribution in [2.75, 3.05) is 4.72 Å². The molecule has 86 valence electrons. The fourth-order valence-corrected chi connectivity index (χ4v) is 1.64. The topological polar surface area (TPSA) is 83.5 Å². The molecule has 1 aromatic carbocycles. The average Bonchev–Trinajstić information content (AvgIpc) is 2.07. The van der Waals surface area contributed by atoms with Crippen LogP contribution in [-0.4, -0.2) is 19.5 Å². The van der Waals surface area contributed by atoms with Crippen molar-refractivity contribution in [3.05, 3.63) is 34.8 Å². The summed E-state index contributed by atoms with van der Waals surface area (Å²) in [5.74, 6) is -2.37. The third kappa shape index (κ3) is 3.01. The summed E-state index contributed by atoms with van der Waals surface area (Å²) in [4.78, 5) is 10.7. The van der Waals surface area contributed by atoms with E-state index >= 15 is 0 Å². The molecule has 16 heavy (non-hydrogen) atoms. The first-order valence-electron chi connectivity index (χ1n) is 3.79. The smallest absolute Gasteiger partial charge is 0.382 e. The summed E-state index contributed by atoms with van der Waals surface area (Å²) in [6.45, 7) is 0. The molecule has 0 fully saturated rings. The highest BCUT2D eigenvalue weighted by atomic mass is 35.5. The molecule has 0 aliphatic carbocycles. The van der Waals surface area contributed by atoms with Crippen molar-refractivity contribution in [2.24, 2.45) is 0 Å². The van der Waals surface area contributed by atoms with Crippen LogP contribution in [0.5, 0.6) is 0 Å². The molecule has 2 N–H and O–H groups in total. The lowest BCUT2D eigenvalue weighted by Crippen LogP contribution is -2.12. The Bertz CT molecular complexity index is 543. The van der Waals surface area contributed by atoms with Crippen LogP contribution >= 0.6 is 11.6 Å². The zero-order valence-corrected chi connectivity index (χ0v) is 9.27. The van der Waals surface area contributed by atoms with E-state index in [1.165, 1.54) is 0 Å². The molecule has 0 saturated carbocycles. The van der Waals surface area contributed by atoms with Crippen molar-refractivity contribution in [3.63, 3.8) is 0 Å². The van der Waals surface area contributed by atoms with Crippen LogP contribution in [0.25, 0.3) is 0 Å². The predicted molar refractivity (Wildman–Crippen MR) is 56.3 cm³/mol. The number of carbonyl (C=O) groups is 1. The fraction of sp³-hybridized carbons (Fsp3) is 0. The summed E-state index contributed by atoms with van der Waals surface area (Å²) < 4.78 is 36.4. The lowest BCUT2D eigenvalue weighted by atomic mass is 10.2. The van der Waals surface area contributed by atoms with Gasteiger partial charge in [-0.05, 0) is 6.07 Å². The molecular weight excluding hydrogens is 261 g/mol. The number of nitrogens with one attached hydrogen (secondary N) is 1. The van der Waals surface area contributed by atoms with E-state index in [9.17, 15) is 17.6 Å². The van der Waals surface area contributed by atoms with Gasteiger partial charge in [0.15, 0.2) is 0 Å². The van der Waals surface area contributed by atoms with Crippen LogP contribution < -0.4 is 4.72 Å². The Labute approximate surface area is 95.9 Å². The van der Waals surface area contributed by atoms with Gasteiger partial charge in [-0.3, -0.25) is 0 Å². The number of hydrogen-bond acceptors (Lipinski definition) is 3. The van der Waals surface area contributed by atoms with Crippen LogP contribution in [0, 0.1) is 12.1 Å². The number of hydrogen-bond donors (Lipinski definition) is 2. The first-order valence-corrected chi connectivity index (χ1v) is 5.82. The van der Waals surface area contributed by atoms with Gasteiger partial charge in [0.2, 0.25) is 6.26 Å². The van der Waals surface area contributed by atoms with Gasteiger partial charge in [0.1, 0.15) is 5.82 Å². The first-order chi connectivity index (χ1) is 7.20.